The molecule has 1 unspecified atom stereocenters. The molecule has 1 heterocycles. The minimum absolute atomic E-state index is 0.226. The molecule has 1 aromatic rings. The summed E-state index contributed by atoms with van der Waals surface area (Å²) in [7, 11) is 1.61. The normalized spacial score (nSPS) is 18.7. The zero-order valence-electron chi connectivity index (χ0n) is 14.9. The third kappa shape index (κ3) is 5.48. The van der Waals surface area contributed by atoms with Crippen LogP contribution in [0.2, 0.25) is 5.02 Å². The SMILES string of the molecule is COc1cc(NC2CCCN(C(=O)OC(C)(C)C)CC2)ccc1Cl. The number of carbonyl (C=O) groups is 1. The minimum Gasteiger partial charge on any atom is -0.495 e. The summed E-state index contributed by atoms with van der Waals surface area (Å²) in [4.78, 5) is 14.0. The first-order valence-corrected chi connectivity index (χ1v) is 8.74. The molecule has 1 aromatic carbocycles. The van der Waals surface area contributed by atoms with E-state index in [-0.39, 0.29) is 6.09 Å². The van der Waals surface area contributed by atoms with Crippen molar-refractivity contribution in [2.24, 2.45) is 0 Å². The molecule has 24 heavy (non-hydrogen) atoms. The molecule has 1 atom stereocenters. The van der Waals surface area contributed by atoms with Gasteiger partial charge in [0.1, 0.15) is 11.4 Å². The maximum absolute atomic E-state index is 12.2. The number of carbonyl (C=O) groups excluding carboxylic acids is 1. The fraction of sp³-hybridized carbons (Fsp3) is 0.611. The number of amides is 1. The van der Waals surface area contributed by atoms with Crippen LogP contribution in [0.15, 0.2) is 18.2 Å². The van der Waals surface area contributed by atoms with Gasteiger partial charge in [0.15, 0.2) is 0 Å². The number of hydrogen-bond donors (Lipinski definition) is 1. The van der Waals surface area contributed by atoms with Gasteiger partial charge in [0.05, 0.1) is 12.1 Å². The second-order valence-corrected chi connectivity index (χ2v) is 7.50. The quantitative estimate of drug-likeness (QED) is 0.865. The summed E-state index contributed by atoms with van der Waals surface area (Å²) in [5.74, 6) is 0.658. The molecule has 0 bridgehead atoms. The molecule has 0 aliphatic carbocycles. The van der Waals surface area contributed by atoms with Crippen molar-refractivity contribution in [3.05, 3.63) is 23.2 Å². The van der Waals surface area contributed by atoms with E-state index in [4.69, 9.17) is 21.1 Å². The number of rotatable bonds is 3. The van der Waals surface area contributed by atoms with Crippen molar-refractivity contribution >= 4 is 23.4 Å². The van der Waals surface area contributed by atoms with Gasteiger partial charge in [0.25, 0.3) is 0 Å². The van der Waals surface area contributed by atoms with E-state index in [1.54, 1.807) is 12.0 Å². The number of halogens is 1. The zero-order valence-corrected chi connectivity index (χ0v) is 15.7. The molecule has 1 fully saturated rings. The average Bonchev–Trinajstić information content (AvgIpc) is 2.73. The third-order valence-corrected chi connectivity index (χ3v) is 4.21. The van der Waals surface area contributed by atoms with Gasteiger partial charge in [0, 0.05) is 30.9 Å². The molecule has 0 aromatic heterocycles. The van der Waals surface area contributed by atoms with E-state index in [9.17, 15) is 4.79 Å². The Morgan fingerprint density at radius 2 is 2.04 bits per heavy atom. The number of nitrogens with zero attached hydrogens (tertiary/aromatic N) is 1. The number of nitrogens with one attached hydrogen (secondary N) is 1. The lowest BCUT2D eigenvalue weighted by atomic mass is 10.1. The van der Waals surface area contributed by atoms with E-state index in [1.807, 2.05) is 39.0 Å². The molecule has 1 aliphatic heterocycles. The van der Waals surface area contributed by atoms with Crippen molar-refractivity contribution < 1.29 is 14.3 Å². The first-order valence-electron chi connectivity index (χ1n) is 8.36. The highest BCUT2D eigenvalue weighted by Crippen LogP contribution is 2.28. The fourth-order valence-electron chi connectivity index (χ4n) is 2.74. The van der Waals surface area contributed by atoms with Crippen LogP contribution in [-0.4, -0.2) is 42.8 Å². The largest absolute Gasteiger partial charge is 0.495 e. The maximum Gasteiger partial charge on any atom is 0.410 e. The molecule has 1 aliphatic rings. The van der Waals surface area contributed by atoms with Crippen molar-refractivity contribution in [2.75, 3.05) is 25.5 Å². The van der Waals surface area contributed by atoms with E-state index in [2.05, 4.69) is 5.32 Å². The number of likely N-dealkylation sites (tertiary alicyclic amines) is 1. The molecule has 1 N–H and O–H groups in total. The van der Waals surface area contributed by atoms with Crippen molar-refractivity contribution in [3.63, 3.8) is 0 Å². The van der Waals surface area contributed by atoms with Gasteiger partial charge in [-0.2, -0.15) is 0 Å². The lowest BCUT2D eigenvalue weighted by molar-refractivity contribution is 0.0256. The summed E-state index contributed by atoms with van der Waals surface area (Å²) >= 11 is 6.06. The van der Waals surface area contributed by atoms with E-state index < -0.39 is 5.60 Å². The average molecular weight is 355 g/mol. The van der Waals surface area contributed by atoms with Gasteiger partial charge >= 0.3 is 6.09 Å². The van der Waals surface area contributed by atoms with E-state index in [0.717, 1.165) is 31.5 Å². The van der Waals surface area contributed by atoms with Crippen LogP contribution < -0.4 is 10.1 Å². The molecular formula is C18H27ClN2O3. The van der Waals surface area contributed by atoms with Gasteiger partial charge in [-0.1, -0.05) is 11.6 Å². The highest BCUT2D eigenvalue weighted by atomic mass is 35.5. The summed E-state index contributed by atoms with van der Waals surface area (Å²) in [6, 6.07) is 5.98. The summed E-state index contributed by atoms with van der Waals surface area (Å²) in [5, 5.41) is 4.11. The molecule has 134 valence electrons. The second kappa shape index (κ2) is 7.97. The van der Waals surface area contributed by atoms with Crippen LogP contribution in [0.3, 0.4) is 0 Å². The summed E-state index contributed by atoms with van der Waals surface area (Å²) in [5.41, 5.74) is 0.521. The maximum atomic E-state index is 12.2. The number of anilines is 1. The monoisotopic (exact) mass is 354 g/mol. The van der Waals surface area contributed by atoms with Gasteiger partial charge in [-0.15, -0.1) is 0 Å². The zero-order chi connectivity index (χ0) is 17.7. The Hall–Kier alpha value is -1.62. The minimum atomic E-state index is -0.457. The van der Waals surface area contributed by atoms with Crippen molar-refractivity contribution in [3.8, 4) is 5.75 Å². The second-order valence-electron chi connectivity index (χ2n) is 7.09. The number of benzene rings is 1. The first kappa shape index (κ1) is 18.7. The highest BCUT2D eigenvalue weighted by Gasteiger charge is 2.25. The predicted molar refractivity (Wildman–Crippen MR) is 97.1 cm³/mol. The number of methoxy groups -OCH3 is 1. The first-order chi connectivity index (χ1) is 11.3. The van der Waals surface area contributed by atoms with E-state index in [1.165, 1.54) is 0 Å². The predicted octanol–water partition coefficient (Wildman–Crippen LogP) is 4.55. The van der Waals surface area contributed by atoms with Gasteiger partial charge in [-0.3, -0.25) is 0 Å². The molecule has 2 rings (SSSR count). The van der Waals surface area contributed by atoms with Crippen LogP contribution in [0.5, 0.6) is 5.75 Å². The Morgan fingerprint density at radius 3 is 2.71 bits per heavy atom. The molecule has 1 amide bonds. The lowest BCUT2D eigenvalue weighted by Gasteiger charge is -2.26. The summed E-state index contributed by atoms with van der Waals surface area (Å²) in [6.45, 7) is 7.09. The molecular weight excluding hydrogens is 328 g/mol. The highest BCUT2D eigenvalue weighted by molar-refractivity contribution is 6.32. The van der Waals surface area contributed by atoms with Gasteiger partial charge in [-0.05, 0) is 52.2 Å². The summed E-state index contributed by atoms with van der Waals surface area (Å²) in [6.07, 6.45) is 2.60. The molecule has 5 nitrogen and oxygen atoms in total. The Kier molecular flexibility index (Phi) is 6.21. The number of hydrogen-bond acceptors (Lipinski definition) is 4. The van der Waals surface area contributed by atoms with Crippen LogP contribution >= 0.6 is 11.6 Å². The lowest BCUT2D eigenvalue weighted by Crippen LogP contribution is -2.37. The standard InChI is InChI=1S/C18H27ClN2O3/c1-18(2,3)24-17(22)21-10-5-6-13(9-11-21)20-14-7-8-15(19)16(12-14)23-4/h7-8,12-13,20H,5-6,9-11H2,1-4H3. The van der Waals surface area contributed by atoms with E-state index >= 15 is 0 Å². The Morgan fingerprint density at radius 1 is 1.29 bits per heavy atom. The Balaban J connectivity index is 1.92. The smallest absolute Gasteiger partial charge is 0.410 e. The molecule has 0 spiro atoms. The molecule has 0 radical (unpaired) electrons. The van der Waals surface area contributed by atoms with Crippen LogP contribution in [-0.2, 0) is 4.74 Å². The van der Waals surface area contributed by atoms with Crippen LogP contribution in [0, 0.1) is 0 Å². The van der Waals surface area contributed by atoms with Crippen molar-refractivity contribution in [1.82, 2.24) is 4.90 Å². The topological polar surface area (TPSA) is 50.8 Å². The molecule has 0 saturated carbocycles. The van der Waals surface area contributed by atoms with Crippen molar-refractivity contribution in [1.29, 1.82) is 0 Å². The summed E-state index contributed by atoms with van der Waals surface area (Å²) < 4.78 is 10.7. The Labute approximate surface area is 149 Å². The van der Waals surface area contributed by atoms with Gasteiger partial charge in [0.2, 0.25) is 0 Å². The van der Waals surface area contributed by atoms with Crippen LogP contribution in [0.4, 0.5) is 10.5 Å². The van der Waals surface area contributed by atoms with Gasteiger partial charge < -0.3 is 19.7 Å². The van der Waals surface area contributed by atoms with Gasteiger partial charge in [-0.25, -0.2) is 4.79 Å². The third-order valence-electron chi connectivity index (χ3n) is 3.90. The van der Waals surface area contributed by atoms with Crippen LogP contribution in [0.1, 0.15) is 40.0 Å². The molecule has 6 heteroatoms. The Bertz CT molecular complexity index is 572. The number of ether oxygens (including phenoxy) is 2. The van der Waals surface area contributed by atoms with E-state index in [0.29, 0.717) is 23.4 Å². The fourth-order valence-corrected chi connectivity index (χ4v) is 2.93. The van der Waals surface area contributed by atoms with Crippen LogP contribution in [0.25, 0.3) is 0 Å². The van der Waals surface area contributed by atoms with Crippen molar-refractivity contribution in [2.45, 2.75) is 51.7 Å². The molecule has 1 saturated heterocycles.